The van der Waals surface area contributed by atoms with Gasteiger partial charge in [0.15, 0.2) is 0 Å². The molecule has 0 unspecified atom stereocenters. The zero-order valence-electron chi connectivity index (χ0n) is 16.2. The molecule has 0 atom stereocenters. The quantitative estimate of drug-likeness (QED) is 0.334. The Kier molecular flexibility index (Phi) is 6.12. The molecule has 0 aliphatic rings. The minimum Gasteiger partial charge on any atom is -0.497 e. The van der Waals surface area contributed by atoms with E-state index in [0.29, 0.717) is 0 Å². The molecule has 0 N–H and O–H groups in total. The third-order valence-corrected chi connectivity index (χ3v) is 6.29. The van der Waals surface area contributed by atoms with E-state index < -0.39 is 0 Å². The number of nitrogens with zero attached hydrogens (tertiary/aromatic N) is 2. The van der Waals surface area contributed by atoms with E-state index in [9.17, 15) is 0 Å². The molecule has 0 amide bonds. The number of hydrogen-bond donors (Lipinski definition) is 0. The fourth-order valence-electron chi connectivity index (χ4n) is 2.90. The summed E-state index contributed by atoms with van der Waals surface area (Å²) < 4.78 is 10.9. The van der Waals surface area contributed by atoms with E-state index in [-0.39, 0.29) is 0 Å². The van der Waals surface area contributed by atoms with Gasteiger partial charge in [0, 0.05) is 28.5 Å². The maximum atomic E-state index is 5.50. The van der Waals surface area contributed by atoms with E-state index in [1.54, 1.807) is 37.3 Å². The molecule has 4 aromatic rings. The smallest absolute Gasteiger partial charge is 0.128 e. The van der Waals surface area contributed by atoms with Crippen LogP contribution in [0.15, 0.2) is 77.3 Å². The molecule has 0 fully saturated rings. The predicted molar refractivity (Wildman–Crippen MR) is 120 cm³/mol. The van der Waals surface area contributed by atoms with Crippen molar-refractivity contribution in [2.75, 3.05) is 14.2 Å². The van der Waals surface area contributed by atoms with Crippen molar-refractivity contribution in [1.29, 1.82) is 0 Å². The molecule has 0 radical (unpaired) electrons. The molecule has 29 heavy (non-hydrogen) atoms. The van der Waals surface area contributed by atoms with E-state index in [4.69, 9.17) is 14.5 Å². The molecule has 2 aromatic carbocycles. The fourth-order valence-corrected chi connectivity index (χ4v) is 4.57. The van der Waals surface area contributed by atoms with Gasteiger partial charge in [-0.05, 0) is 35.9 Å². The van der Waals surface area contributed by atoms with Crippen LogP contribution in [0, 0.1) is 0 Å². The summed E-state index contributed by atoms with van der Waals surface area (Å²) in [6.45, 7) is 0. The molecule has 2 heterocycles. The molecular formula is C23H20N2O2S2. The topological polar surface area (TPSA) is 44.2 Å². The lowest BCUT2D eigenvalue weighted by Gasteiger charge is -2.08. The summed E-state index contributed by atoms with van der Waals surface area (Å²) in [5, 5.41) is 3.99. The molecule has 2 aromatic heterocycles. The molecule has 4 nitrogen and oxygen atoms in total. The van der Waals surface area contributed by atoms with Gasteiger partial charge in [-0.15, -0.1) is 23.1 Å². The monoisotopic (exact) mass is 420 g/mol. The van der Waals surface area contributed by atoms with Gasteiger partial charge in [0.1, 0.15) is 16.5 Å². The summed E-state index contributed by atoms with van der Waals surface area (Å²) in [5.74, 6) is 2.44. The van der Waals surface area contributed by atoms with E-state index in [2.05, 4.69) is 35.3 Å². The second-order valence-corrected chi connectivity index (χ2v) is 8.11. The van der Waals surface area contributed by atoms with Crippen molar-refractivity contribution in [1.82, 2.24) is 9.97 Å². The van der Waals surface area contributed by atoms with Crippen molar-refractivity contribution < 1.29 is 9.47 Å². The third kappa shape index (κ3) is 4.60. The summed E-state index contributed by atoms with van der Waals surface area (Å²) >= 11 is 3.33. The first-order valence-corrected chi connectivity index (χ1v) is 10.9. The van der Waals surface area contributed by atoms with Crippen molar-refractivity contribution in [2.24, 2.45) is 0 Å². The van der Waals surface area contributed by atoms with Crippen LogP contribution in [0.1, 0.15) is 5.56 Å². The predicted octanol–water partition coefficient (Wildman–Crippen LogP) is 6.18. The molecule has 4 rings (SSSR count). The summed E-state index contributed by atoms with van der Waals surface area (Å²) in [6.07, 6.45) is 1.84. The molecule has 0 spiro atoms. The molecule has 146 valence electrons. The van der Waals surface area contributed by atoms with Crippen LogP contribution in [0.5, 0.6) is 11.5 Å². The zero-order valence-corrected chi connectivity index (χ0v) is 17.8. The summed E-state index contributed by atoms with van der Waals surface area (Å²) in [6, 6.07) is 20.2. The summed E-state index contributed by atoms with van der Waals surface area (Å²) in [7, 11) is 3.32. The highest BCUT2D eigenvalue weighted by atomic mass is 32.2. The van der Waals surface area contributed by atoms with Crippen molar-refractivity contribution in [3.63, 3.8) is 0 Å². The van der Waals surface area contributed by atoms with Crippen LogP contribution in [0.3, 0.4) is 0 Å². The third-order valence-electron chi connectivity index (χ3n) is 4.40. The largest absolute Gasteiger partial charge is 0.497 e. The van der Waals surface area contributed by atoms with Crippen molar-refractivity contribution in [3.8, 4) is 33.3 Å². The number of methoxy groups -OCH3 is 2. The highest BCUT2D eigenvalue weighted by molar-refractivity contribution is 7.98. The van der Waals surface area contributed by atoms with Gasteiger partial charge in [-0.25, -0.2) is 9.97 Å². The van der Waals surface area contributed by atoms with Gasteiger partial charge in [-0.3, -0.25) is 0 Å². The van der Waals surface area contributed by atoms with Crippen LogP contribution in [-0.4, -0.2) is 24.2 Å². The Morgan fingerprint density at radius 3 is 2.62 bits per heavy atom. The lowest BCUT2D eigenvalue weighted by Crippen LogP contribution is -1.90. The standard InChI is InChI=1S/C23H20N2O2S2/c1-26-18-8-9-21(27-2)19(13-18)20-15-29-23(25-20)17-10-11-24-22(12-17)28-14-16-6-4-3-5-7-16/h3-13,15H,14H2,1-2H3. The number of pyridine rings is 1. The molecule has 0 aliphatic carbocycles. The van der Waals surface area contributed by atoms with Gasteiger partial charge >= 0.3 is 0 Å². The SMILES string of the molecule is COc1ccc(OC)c(-c2csc(-c3ccnc(SCc4ccccc4)c3)n2)c1. The fraction of sp³-hybridized carbons (Fsp3) is 0.130. The van der Waals surface area contributed by atoms with Crippen LogP contribution in [-0.2, 0) is 5.75 Å². The molecular weight excluding hydrogens is 400 g/mol. The first-order valence-electron chi connectivity index (χ1n) is 9.08. The Morgan fingerprint density at radius 1 is 0.966 bits per heavy atom. The van der Waals surface area contributed by atoms with E-state index >= 15 is 0 Å². The number of thiazole rings is 1. The molecule has 0 saturated heterocycles. The van der Waals surface area contributed by atoms with Gasteiger partial charge in [-0.1, -0.05) is 30.3 Å². The average Bonchev–Trinajstić information content (AvgIpc) is 3.28. The van der Waals surface area contributed by atoms with Crippen LogP contribution in [0.25, 0.3) is 21.8 Å². The number of hydrogen-bond acceptors (Lipinski definition) is 6. The number of aromatic nitrogens is 2. The van der Waals surface area contributed by atoms with E-state index in [0.717, 1.165) is 44.1 Å². The lowest BCUT2D eigenvalue weighted by atomic mass is 10.1. The van der Waals surface area contributed by atoms with Gasteiger partial charge in [0.2, 0.25) is 0 Å². The van der Waals surface area contributed by atoms with Gasteiger partial charge in [-0.2, -0.15) is 0 Å². The molecule has 0 saturated carbocycles. The van der Waals surface area contributed by atoms with Crippen molar-refractivity contribution >= 4 is 23.1 Å². The maximum Gasteiger partial charge on any atom is 0.128 e. The number of rotatable bonds is 7. The highest BCUT2D eigenvalue weighted by Gasteiger charge is 2.13. The van der Waals surface area contributed by atoms with Gasteiger partial charge in [0.05, 0.1) is 24.9 Å². The second kappa shape index (κ2) is 9.11. The molecule has 0 aliphatic heterocycles. The molecule has 0 bridgehead atoms. The Labute approximate surface area is 178 Å². The van der Waals surface area contributed by atoms with Crippen molar-refractivity contribution in [2.45, 2.75) is 10.8 Å². The lowest BCUT2D eigenvalue weighted by molar-refractivity contribution is 0.404. The van der Waals surface area contributed by atoms with Gasteiger partial charge in [0.25, 0.3) is 0 Å². The maximum absolute atomic E-state index is 5.50. The summed E-state index contributed by atoms with van der Waals surface area (Å²) in [5.41, 5.74) is 4.14. The minimum absolute atomic E-state index is 0.775. The normalized spacial score (nSPS) is 10.7. The number of thioether (sulfide) groups is 1. The van der Waals surface area contributed by atoms with Gasteiger partial charge < -0.3 is 9.47 Å². The van der Waals surface area contributed by atoms with Crippen LogP contribution in [0.4, 0.5) is 0 Å². The zero-order chi connectivity index (χ0) is 20.1. The average molecular weight is 421 g/mol. The highest BCUT2D eigenvalue weighted by Crippen LogP contribution is 2.36. The Hall–Kier alpha value is -2.83. The van der Waals surface area contributed by atoms with Crippen LogP contribution >= 0.6 is 23.1 Å². The number of benzene rings is 2. The van der Waals surface area contributed by atoms with Crippen molar-refractivity contribution in [3.05, 3.63) is 77.8 Å². The summed E-state index contributed by atoms with van der Waals surface area (Å²) in [4.78, 5) is 9.34. The number of ether oxygens (including phenoxy) is 2. The second-order valence-electron chi connectivity index (χ2n) is 6.26. The molecule has 6 heteroatoms. The Balaban J connectivity index is 1.57. The first kappa shape index (κ1) is 19.5. The van der Waals surface area contributed by atoms with E-state index in [1.165, 1.54) is 5.56 Å². The Morgan fingerprint density at radius 2 is 1.83 bits per heavy atom. The van der Waals surface area contributed by atoms with Crippen LogP contribution in [0.2, 0.25) is 0 Å². The Bertz CT molecular complexity index is 1100. The van der Waals surface area contributed by atoms with Crippen LogP contribution < -0.4 is 9.47 Å². The first-order chi connectivity index (χ1) is 14.3. The van der Waals surface area contributed by atoms with E-state index in [1.807, 2.05) is 41.9 Å². The minimum atomic E-state index is 0.775.